The van der Waals surface area contributed by atoms with Crippen LogP contribution in [0.1, 0.15) is 21.5 Å². The molecular weight excluding hydrogens is 477 g/mol. The van der Waals surface area contributed by atoms with Gasteiger partial charge in [0.15, 0.2) is 5.03 Å². The van der Waals surface area contributed by atoms with Crippen molar-refractivity contribution in [3.8, 4) is 0 Å². The Hall–Kier alpha value is -3.51. The number of aromatic nitrogens is 2. The molecule has 0 unspecified atom stereocenters. The minimum Gasteiger partial charge on any atom is -0.348 e. The number of anilines is 1. The van der Waals surface area contributed by atoms with Gasteiger partial charge in [0.25, 0.3) is 15.9 Å². The molecular formula is C21H15F3N4O3S2. The summed E-state index contributed by atoms with van der Waals surface area (Å²) in [6.45, 7) is 1.13. The summed E-state index contributed by atoms with van der Waals surface area (Å²) in [5.74, 6) is -4.18. The van der Waals surface area contributed by atoms with E-state index in [9.17, 15) is 26.4 Å². The fourth-order valence-corrected chi connectivity index (χ4v) is 5.04. The summed E-state index contributed by atoms with van der Waals surface area (Å²) in [4.78, 5) is 16.7. The number of carbonyl (C=O) groups excluding carboxylic acids is 1. The van der Waals surface area contributed by atoms with Crippen LogP contribution >= 0.6 is 11.5 Å². The topological polar surface area (TPSA) is 101 Å². The molecule has 2 N–H and O–H groups in total. The van der Waals surface area contributed by atoms with Crippen molar-refractivity contribution in [1.29, 1.82) is 0 Å². The highest BCUT2D eigenvalue weighted by molar-refractivity contribution is 7.92. The summed E-state index contributed by atoms with van der Waals surface area (Å²) >= 11 is 1.11. The van der Waals surface area contributed by atoms with E-state index in [1.54, 1.807) is 19.1 Å². The number of hydrogen-bond acceptors (Lipinski definition) is 6. The number of benzene rings is 2. The molecule has 2 aromatic heterocycles. The van der Waals surface area contributed by atoms with Gasteiger partial charge in [-0.25, -0.2) is 18.2 Å². The van der Waals surface area contributed by atoms with Crippen molar-refractivity contribution >= 4 is 43.2 Å². The van der Waals surface area contributed by atoms with Gasteiger partial charge in [-0.05, 0) is 42.2 Å². The predicted molar refractivity (Wildman–Crippen MR) is 117 cm³/mol. The van der Waals surface area contributed by atoms with Gasteiger partial charge in [0.1, 0.15) is 17.5 Å². The zero-order valence-corrected chi connectivity index (χ0v) is 18.5. The summed E-state index contributed by atoms with van der Waals surface area (Å²) < 4.78 is 73.9. The van der Waals surface area contributed by atoms with E-state index in [1.807, 2.05) is 0 Å². The molecule has 0 atom stereocenters. The Balaban J connectivity index is 1.63. The number of carbonyl (C=O) groups is 1. The van der Waals surface area contributed by atoms with Crippen molar-refractivity contribution < 1.29 is 26.4 Å². The molecule has 4 aromatic rings. The van der Waals surface area contributed by atoms with Crippen LogP contribution in [0.5, 0.6) is 0 Å². The van der Waals surface area contributed by atoms with Crippen LogP contribution in [-0.2, 0) is 16.6 Å². The molecule has 4 rings (SSSR count). The highest BCUT2D eigenvalue weighted by Crippen LogP contribution is 2.27. The number of hydrogen-bond donors (Lipinski definition) is 2. The first-order chi connectivity index (χ1) is 15.7. The molecule has 0 aliphatic carbocycles. The average Bonchev–Trinajstić information content (AvgIpc) is 3.21. The zero-order chi connectivity index (χ0) is 23.8. The molecule has 2 aromatic carbocycles. The lowest BCUT2D eigenvalue weighted by Gasteiger charge is -2.14. The molecule has 0 saturated carbocycles. The molecule has 1 amide bonds. The first-order valence-corrected chi connectivity index (χ1v) is 11.7. The van der Waals surface area contributed by atoms with E-state index in [1.165, 1.54) is 24.5 Å². The molecule has 0 bridgehead atoms. The third-order valence-corrected chi connectivity index (χ3v) is 6.78. The Bertz CT molecular complexity index is 1470. The fourth-order valence-electron chi connectivity index (χ4n) is 3.12. The fraction of sp³-hybridized carbons (Fsp3) is 0.0952. The Kier molecular flexibility index (Phi) is 6.04. The number of nitrogens with one attached hydrogen (secondary N) is 2. The van der Waals surface area contributed by atoms with Crippen molar-refractivity contribution in [1.82, 2.24) is 14.7 Å². The highest BCUT2D eigenvalue weighted by atomic mass is 32.2. The highest BCUT2D eigenvalue weighted by Gasteiger charge is 2.23. The maximum atomic E-state index is 13.9. The summed E-state index contributed by atoms with van der Waals surface area (Å²) in [6.07, 6.45) is 2.72. The largest absolute Gasteiger partial charge is 0.348 e. The minimum absolute atomic E-state index is 0.0467. The van der Waals surface area contributed by atoms with Crippen LogP contribution in [0.3, 0.4) is 0 Å². The molecule has 170 valence electrons. The smallest absolute Gasteiger partial charge is 0.280 e. The predicted octanol–water partition coefficient (Wildman–Crippen LogP) is 4.15. The minimum atomic E-state index is -4.20. The summed E-state index contributed by atoms with van der Waals surface area (Å²) in [7, 11) is -4.20. The van der Waals surface area contributed by atoms with E-state index in [-0.39, 0.29) is 16.3 Å². The summed E-state index contributed by atoms with van der Waals surface area (Å²) in [5, 5.41) is 2.40. The molecule has 33 heavy (non-hydrogen) atoms. The third-order valence-electron chi connectivity index (χ3n) is 4.70. The van der Waals surface area contributed by atoms with Gasteiger partial charge in [-0.1, -0.05) is 6.07 Å². The van der Waals surface area contributed by atoms with E-state index in [0.29, 0.717) is 27.8 Å². The third kappa shape index (κ3) is 4.66. The maximum absolute atomic E-state index is 13.9. The number of amides is 1. The molecule has 0 saturated heterocycles. The van der Waals surface area contributed by atoms with Crippen LogP contribution in [0.2, 0.25) is 0 Å². The van der Waals surface area contributed by atoms with Crippen molar-refractivity contribution in [2.45, 2.75) is 18.5 Å². The summed E-state index contributed by atoms with van der Waals surface area (Å²) in [6, 6.07) is 7.03. The van der Waals surface area contributed by atoms with Crippen LogP contribution in [0.4, 0.5) is 18.9 Å². The lowest BCUT2D eigenvalue weighted by atomic mass is 10.1. The van der Waals surface area contributed by atoms with Gasteiger partial charge in [-0.2, -0.15) is 12.8 Å². The van der Waals surface area contributed by atoms with Gasteiger partial charge in [0, 0.05) is 30.4 Å². The van der Waals surface area contributed by atoms with Crippen molar-refractivity contribution in [2.24, 2.45) is 0 Å². The molecule has 7 nitrogen and oxygen atoms in total. The number of fused-ring (bicyclic) bond motifs is 1. The van der Waals surface area contributed by atoms with Crippen molar-refractivity contribution in [2.75, 3.05) is 4.72 Å². The molecule has 2 heterocycles. The van der Waals surface area contributed by atoms with E-state index in [0.717, 1.165) is 11.5 Å². The van der Waals surface area contributed by atoms with Crippen molar-refractivity contribution in [3.05, 3.63) is 82.9 Å². The second-order valence-corrected chi connectivity index (χ2v) is 9.47. The van der Waals surface area contributed by atoms with Gasteiger partial charge >= 0.3 is 0 Å². The number of nitrogens with zero attached hydrogens (tertiary/aromatic N) is 2. The number of aryl methyl sites for hydroxylation is 1. The van der Waals surface area contributed by atoms with Crippen LogP contribution in [0.15, 0.2) is 53.8 Å². The standard InChI is InChI=1S/C21H15F3N4O3S2/c1-11-2-3-13(20(29)26-9-14-16(23)7-12(22)8-17(14)24)18(6-11)28-33(30,31)21-15-10-27-32-19(15)4-5-25-21/h2-8,10,28H,9H2,1H3,(H,26,29). The van der Waals surface area contributed by atoms with Crippen LogP contribution in [0, 0.1) is 24.4 Å². The SMILES string of the molecule is Cc1ccc(C(=O)NCc2c(F)cc(F)cc2F)c(NS(=O)(=O)c2nccc3sncc23)c1. The lowest BCUT2D eigenvalue weighted by Crippen LogP contribution is -2.26. The Labute approximate surface area is 190 Å². The first kappa shape index (κ1) is 22.7. The Morgan fingerprint density at radius 3 is 2.55 bits per heavy atom. The number of halogens is 3. The van der Waals surface area contributed by atoms with E-state index < -0.39 is 45.5 Å². The normalized spacial score (nSPS) is 11.5. The molecule has 0 aliphatic heterocycles. The number of rotatable bonds is 6. The Morgan fingerprint density at radius 1 is 1.09 bits per heavy atom. The number of sulfonamides is 1. The van der Waals surface area contributed by atoms with Crippen LogP contribution < -0.4 is 10.0 Å². The monoisotopic (exact) mass is 492 g/mol. The quantitative estimate of drug-likeness (QED) is 0.421. The second-order valence-electron chi connectivity index (χ2n) is 7.04. The van der Waals surface area contributed by atoms with Crippen LogP contribution in [0.25, 0.3) is 10.1 Å². The zero-order valence-electron chi connectivity index (χ0n) is 16.9. The van der Waals surface area contributed by atoms with Gasteiger partial charge in [0.2, 0.25) is 0 Å². The first-order valence-electron chi connectivity index (χ1n) is 9.40. The van der Waals surface area contributed by atoms with E-state index >= 15 is 0 Å². The molecule has 0 aliphatic rings. The van der Waals surface area contributed by atoms with Crippen LogP contribution in [-0.4, -0.2) is 23.7 Å². The molecule has 0 fully saturated rings. The van der Waals surface area contributed by atoms with Crippen molar-refractivity contribution in [3.63, 3.8) is 0 Å². The molecule has 0 radical (unpaired) electrons. The lowest BCUT2D eigenvalue weighted by molar-refractivity contribution is 0.0951. The number of pyridine rings is 1. The van der Waals surface area contributed by atoms with Gasteiger partial charge in [0.05, 0.1) is 27.5 Å². The summed E-state index contributed by atoms with van der Waals surface area (Å²) in [5.41, 5.74) is 0.000308. The van der Waals surface area contributed by atoms with E-state index in [4.69, 9.17) is 0 Å². The molecule has 0 spiro atoms. The van der Waals surface area contributed by atoms with E-state index in [2.05, 4.69) is 19.4 Å². The van der Waals surface area contributed by atoms with Gasteiger partial charge in [-0.15, -0.1) is 0 Å². The maximum Gasteiger partial charge on any atom is 0.280 e. The molecule has 12 heteroatoms. The second kappa shape index (κ2) is 8.79. The van der Waals surface area contributed by atoms with Gasteiger partial charge < -0.3 is 5.32 Å². The Morgan fingerprint density at radius 2 is 1.82 bits per heavy atom. The van der Waals surface area contributed by atoms with Gasteiger partial charge in [-0.3, -0.25) is 9.52 Å². The average molecular weight is 493 g/mol.